The van der Waals surface area contributed by atoms with Gasteiger partial charge >= 0.3 is 0 Å². The van der Waals surface area contributed by atoms with Gasteiger partial charge in [0.1, 0.15) is 5.82 Å². The quantitative estimate of drug-likeness (QED) is 0.778. The van der Waals surface area contributed by atoms with E-state index in [0.29, 0.717) is 12.1 Å². The molecule has 0 aliphatic heterocycles. The molecule has 0 bridgehead atoms. The number of nitrogens with one attached hydrogen (secondary N) is 1. The molecule has 4 heteroatoms. The number of fused-ring (bicyclic) bond motifs is 1. The largest absolute Gasteiger partial charge is 0.359 e. The monoisotopic (exact) mass is 255 g/mol. The lowest BCUT2D eigenvalue weighted by atomic mass is 10.2. The summed E-state index contributed by atoms with van der Waals surface area (Å²) >= 11 is 0. The summed E-state index contributed by atoms with van der Waals surface area (Å²) < 4.78 is 15.7. The van der Waals surface area contributed by atoms with Gasteiger partial charge < -0.3 is 9.88 Å². The van der Waals surface area contributed by atoms with Gasteiger partial charge in [0.15, 0.2) is 0 Å². The number of nitrogens with zero attached hydrogens (tertiary/aromatic N) is 2. The summed E-state index contributed by atoms with van der Waals surface area (Å²) in [6.45, 7) is 0.462. The predicted molar refractivity (Wildman–Crippen MR) is 74.8 cm³/mol. The Morgan fingerprint density at radius 3 is 2.63 bits per heavy atom. The molecule has 3 rings (SSSR count). The first-order valence-corrected chi connectivity index (χ1v) is 6.16. The van der Waals surface area contributed by atoms with Crippen molar-refractivity contribution in [3.8, 4) is 0 Å². The Morgan fingerprint density at radius 2 is 1.84 bits per heavy atom. The van der Waals surface area contributed by atoms with E-state index in [4.69, 9.17) is 0 Å². The summed E-state index contributed by atoms with van der Waals surface area (Å²) in [5.41, 5.74) is 2.56. The van der Waals surface area contributed by atoms with Crippen LogP contribution in [0.25, 0.3) is 11.0 Å². The van der Waals surface area contributed by atoms with Crippen molar-refractivity contribution in [1.82, 2.24) is 9.55 Å². The topological polar surface area (TPSA) is 29.9 Å². The van der Waals surface area contributed by atoms with Gasteiger partial charge in [-0.15, -0.1) is 0 Å². The highest BCUT2D eigenvalue weighted by Crippen LogP contribution is 2.21. The summed E-state index contributed by atoms with van der Waals surface area (Å²) in [5, 5.41) is 3.05. The number of rotatable bonds is 3. The Morgan fingerprint density at radius 1 is 1.11 bits per heavy atom. The lowest BCUT2D eigenvalue weighted by Gasteiger charge is -2.09. The summed E-state index contributed by atoms with van der Waals surface area (Å²) in [6.07, 6.45) is 0. The molecule has 0 unspecified atom stereocenters. The molecule has 0 aliphatic rings. The Hall–Kier alpha value is -2.36. The second-order valence-electron chi connectivity index (χ2n) is 4.35. The minimum atomic E-state index is -0.192. The van der Waals surface area contributed by atoms with Crippen LogP contribution in [0.3, 0.4) is 0 Å². The van der Waals surface area contributed by atoms with Crippen molar-refractivity contribution in [3.63, 3.8) is 0 Å². The maximum Gasteiger partial charge on any atom is 0.203 e. The van der Waals surface area contributed by atoms with Crippen LogP contribution in [-0.2, 0) is 6.54 Å². The van der Waals surface area contributed by atoms with E-state index < -0.39 is 0 Å². The van der Waals surface area contributed by atoms with Gasteiger partial charge in [0, 0.05) is 12.6 Å². The number of imidazole rings is 1. The molecule has 3 nitrogen and oxygen atoms in total. The predicted octanol–water partition coefficient (Wildman–Crippen LogP) is 3.27. The lowest BCUT2D eigenvalue weighted by Crippen LogP contribution is -2.06. The number of para-hydroxylation sites is 2. The fourth-order valence-corrected chi connectivity index (χ4v) is 2.22. The van der Waals surface area contributed by atoms with Crippen LogP contribution in [0.1, 0.15) is 5.56 Å². The molecule has 0 saturated carbocycles. The molecular weight excluding hydrogens is 241 g/mol. The van der Waals surface area contributed by atoms with Gasteiger partial charge in [-0.1, -0.05) is 30.3 Å². The van der Waals surface area contributed by atoms with Gasteiger partial charge in [0.05, 0.1) is 17.6 Å². The van der Waals surface area contributed by atoms with E-state index in [9.17, 15) is 4.39 Å². The lowest BCUT2D eigenvalue weighted by molar-refractivity contribution is 0.602. The molecule has 0 amide bonds. The van der Waals surface area contributed by atoms with Crippen LogP contribution >= 0.6 is 0 Å². The molecule has 1 heterocycles. The summed E-state index contributed by atoms with van der Waals surface area (Å²) in [7, 11) is 1.82. The molecule has 0 atom stereocenters. The second kappa shape index (κ2) is 4.72. The Labute approximate surface area is 110 Å². The third-order valence-corrected chi connectivity index (χ3v) is 3.16. The van der Waals surface area contributed by atoms with E-state index >= 15 is 0 Å². The van der Waals surface area contributed by atoms with E-state index in [1.54, 1.807) is 12.1 Å². The number of halogens is 1. The van der Waals surface area contributed by atoms with Crippen molar-refractivity contribution in [2.24, 2.45) is 0 Å². The minimum Gasteiger partial charge on any atom is -0.359 e. The zero-order valence-electron chi connectivity index (χ0n) is 10.6. The van der Waals surface area contributed by atoms with Gasteiger partial charge in [0.25, 0.3) is 0 Å². The van der Waals surface area contributed by atoms with Gasteiger partial charge in [-0.2, -0.15) is 0 Å². The SMILES string of the molecule is CNc1nc2ccccc2n1Cc1ccccc1F. The average Bonchev–Trinajstić information content (AvgIpc) is 2.79. The van der Waals surface area contributed by atoms with Crippen LogP contribution in [0.15, 0.2) is 48.5 Å². The van der Waals surface area contributed by atoms with Crippen molar-refractivity contribution in [1.29, 1.82) is 0 Å². The maximum absolute atomic E-state index is 13.8. The molecule has 3 aromatic rings. The Bertz CT molecular complexity index is 718. The Kier molecular flexibility index (Phi) is 2.91. The van der Waals surface area contributed by atoms with Crippen LogP contribution < -0.4 is 5.32 Å². The summed E-state index contributed by atoms with van der Waals surface area (Å²) in [5.74, 6) is 0.548. The van der Waals surface area contributed by atoms with E-state index in [-0.39, 0.29) is 5.82 Å². The molecule has 0 saturated heterocycles. The smallest absolute Gasteiger partial charge is 0.203 e. The fraction of sp³-hybridized carbons (Fsp3) is 0.133. The number of aromatic nitrogens is 2. The van der Waals surface area contributed by atoms with E-state index in [1.807, 2.05) is 41.9 Å². The zero-order valence-corrected chi connectivity index (χ0v) is 10.6. The molecule has 1 aromatic heterocycles. The highest BCUT2D eigenvalue weighted by molar-refractivity contribution is 5.78. The number of hydrogen-bond acceptors (Lipinski definition) is 2. The van der Waals surface area contributed by atoms with Gasteiger partial charge in [-0.3, -0.25) is 0 Å². The van der Waals surface area contributed by atoms with Crippen LogP contribution in [0.4, 0.5) is 10.3 Å². The van der Waals surface area contributed by atoms with Crippen molar-refractivity contribution >= 4 is 17.0 Å². The van der Waals surface area contributed by atoms with Gasteiger partial charge in [-0.25, -0.2) is 9.37 Å². The molecular formula is C15H14FN3. The number of anilines is 1. The molecule has 0 spiro atoms. The fourth-order valence-electron chi connectivity index (χ4n) is 2.22. The van der Waals surface area contributed by atoms with E-state index in [1.165, 1.54) is 6.07 Å². The average molecular weight is 255 g/mol. The minimum absolute atomic E-state index is 0.192. The molecule has 96 valence electrons. The normalized spacial score (nSPS) is 10.8. The van der Waals surface area contributed by atoms with E-state index in [0.717, 1.165) is 17.0 Å². The summed E-state index contributed by atoms with van der Waals surface area (Å²) in [6, 6.07) is 14.7. The third-order valence-electron chi connectivity index (χ3n) is 3.16. The second-order valence-corrected chi connectivity index (χ2v) is 4.35. The van der Waals surface area contributed by atoms with Crippen LogP contribution in [0, 0.1) is 5.82 Å². The Balaban J connectivity index is 2.12. The van der Waals surface area contributed by atoms with Crippen molar-refractivity contribution < 1.29 is 4.39 Å². The molecule has 0 radical (unpaired) electrons. The molecule has 19 heavy (non-hydrogen) atoms. The van der Waals surface area contributed by atoms with E-state index in [2.05, 4.69) is 10.3 Å². The van der Waals surface area contributed by atoms with Gasteiger partial charge in [0.2, 0.25) is 5.95 Å². The van der Waals surface area contributed by atoms with Crippen LogP contribution in [0.2, 0.25) is 0 Å². The first kappa shape index (κ1) is 11.7. The first-order valence-electron chi connectivity index (χ1n) is 6.16. The number of hydrogen-bond donors (Lipinski definition) is 1. The highest BCUT2D eigenvalue weighted by atomic mass is 19.1. The zero-order chi connectivity index (χ0) is 13.2. The van der Waals surface area contributed by atoms with Crippen molar-refractivity contribution in [3.05, 3.63) is 59.9 Å². The van der Waals surface area contributed by atoms with Crippen LogP contribution in [0.5, 0.6) is 0 Å². The highest BCUT2D eigenvalue weighted by Gasteiger charge is 2.11. The third kappa shape index (κ3) is 2.05. The first-order chi connectivity index (χ1) is 9.29. The summed E-state index contributed by atoms with van der Waals surface area (Å²) in [4.78, 5) is 4.49. The molecule has 1 N–H and O–H groups in total. The molecule has 0 aliphatic carbocycles. The molecule has 2 aromatic carbocycles. The number of benzene rings is 2. The standard InChI is InChI=1S/C15H14FN3/c1-17-15-18-13-8-4-5-9-14(13)19(15)10-11-6-2-3-7-12(11)16/h2-9H,10H2,1H3,(H,17,18). The van der Waals surface area contributed by atoms with Gasteiger partial charge in [-0.05, 0) is 18.2 Å². The van der Waals surface area contributed by atoms with Crippen molar-refractivity contribution in [2.75, 3.05) is 12.4 Å². The molecule has 0 fully saturated rings. The van der Waals surface area contributed by atoms with Crippen LogP contribution in [-0.4, -0.2) is 16.6 Å². The maximum atomic E-state index is 13.8. The van der Waals surface area contributed by atoms with Crippen molar-refractivity contribution in [2.45, 2.75) is 6.54 Å².